The second-order valence-electron chi connectivity index (χ2n) is 5.90. The van der Waals surface area contributed by atoms with Crippen LogP contribution in [0.15, 0.2) is 29.6 Å². The number of aromatic hydroxyl groups is 1. The maximum atomic E-state index is 9.39. The molecule has 1 fully saturated rings. The molecule has 0 amide bonds. The fraction of sp³-hybridized carbons (Fsp3) is 0.471. The largest absolute Gasteiger partial charge is 0.508 e. The summed E-state index contributed by atoms with van der Waals surface area (Å²) in [7, 11) is 0. The van der Waals surface area contributed by atoms with Gasteiger partial charge in [-0.15, -0.1) is 11.3 Å². The monoisotopic (exact) mass is 318 g/mol. The first-order valence-electron chi connectivity index (χ1n) is 7.66. The van der Waals surface area contributed by atoms with Crippen LogP contribution >= 0.6 is 11.3 Å². The van der Waals surface area contributed by atoms with Crippen molar-refractivity contribution >= 4 is 11.3 Å². The fourth-order valence-electron chi connectivity index (χ4n) is 2.87. The van der Waals surface area contributed by atoms with E-state index in [0.717, 1.165) is 36.9 Å². The second kappa shape index (κ2) is 6.77. The van der Waals surface area contributed by atoms with Gasteiger partial charge in [-0.2, -0.15) is 0 Å². The lowest BCUT2D eigenvalue weighted by Gasteiger charge is -2.33. The number of benzene rings is 1. The molecule has 0 radical (unpaired) electrons. The molecule has 0 aliphatic carbocycles. The quantitative estimate of drug-likeness (QED) is 0.939. The Morgan fingerprint density at radius 1 is 1.41 bits per heavy atom. The van der Waals surface area contributed by atoms with Crippen molar-refractivity contribution in [2.24, 2.45) is 0 Å². The normalized spacial score (nSPS) is 20.9. The Morgan fingerprint density at radius 2 is 2.18 bits per heavy atom. The van der Waals surface area contributed by atoms with E-state index in [1.807, 2.05) is 19.1 Å². The first kappa shape index (κ1) is 15.5. The number of morpholine rings is 1. The number of phenols is 1. The molecule has 1 aromatic carbocycles. The fourth-order valence-corrected chi connectivity index (χ4v) is 3.52. The predicted molar refractivity (Wildman–Crippen MR) is 88.5 cm³/mol. The highest BCUT2D eigenvalue weighted by Gasteiger charge is 2.25. The average molecular weight is 318 g/mol. The molecule has 1 aliphatic heterocycles. The van der Waals surface area contributed by atoms with Gasteiger partial charge in [0.15, 0.2) is 0 Å². The summed E-state index contributed by atoms with van der Waals surface area (Å²) in [6.45, 7) is 7.86. The lowest BCUT2D eigenvalue weighted by molar-refractivity contribution is -0.0331. The van der Waals surface area contributed by atoms with Crippen LogP contribution in [0.4, 0.5) is 0 Å². The van der Waals surface area contributed by atoms with Gasteiger partial charge in [0.2, 0.25) is 0 Å². The maximum absolute atomic E-state index is 9.39. The van der Waals surface area contributed by atoms with E-state index in [-0.39, 0.29) is 6.10 Å². The van der Waals surface area contributed by atoms with Gasteiger partial charge < -0.3 is 9.84 Å². The van der Waals surface area contributed by atoms with Crippen LogP contribution in [0, 0.1) is 6.92 Å². The molecular formula is C17H22N2O2S. The number of hydrogen-bond donors (Lipinski definition) is 1. The van der Waals surface area contributed by atoms with Crippen LogP contribution in [-0.2, 0) is 4.74 Å². The molecule has 118 valence electrons. The molecule has 0 saturated carbocycles. The molecule has 2 aromatic rings. The van der Waals surface area contributed by atoms with E-state index in [1.54, 1.807) is 23.5 Å². The zero-order chi connectivity index (χ0) is 15.5. The molecule has 1 saturated heterocycles. The Kier molecular flexibility index (Phi) is 4.76. The molecule has 1 aromatic heterocycles. The van der Waals surface area contributed by atoms with Gasteiger partial charge >= 0.3 is 0 Å². The van der Waals surface area contributed by atoms with Crippen molar-refractivity contribution in [2.75, 3.05) is 26.2 Å². The molecule has 4 nitrogen and oxygen atoms in total. The summed E-state index contributed by atoms with van der Waals surface area (Å²) in [6, 6.07) is 7.52. The van der Waals surface area contributed by atoms with Gasteiger partial charge in [-0.3, -0.25) is 4.90 Å². The van der Waals surface area contributed by atoms with Gasteiger partial charge in [0.05, 0.1) is 17.3 Å². The summed E-state index contributed by atoms with van der Waals surface area (Å²) >= 11 is 1.68. The molecule has 1 aliphatic rings. The van der Waals surface area contributed by atoms with Gasteiger partial charge in [0.25, 0.3) is 0 Å². The highest BCUT2D eigenvalue weighted by molar-refractivity contribution is 7.09. The predicted octanol–water partition coefficient (Wildman–Crippen LogP) is 3.33. The third kappa shape index (κ3) is 3.66. The van der Waals surface area contributed by atoms with Crippen molar-refractivity contribution in [3.63, 3.8) is 0 Å². The topological polar surface area (TPSA) is 45.6 Å². The second-order valence-corrected chi connectivity index (χ2v) is 6.97. The van der Waals surface area contributed by atoms with Gasteiger partial charge in [0.1, 0.15) is 11.9 Å². The van der Waals surface area contributed by atoms with E-state index in [2.05, 4.69) is 22.2 Å². The Morgan fingerprint density at radius 3 is 2.86 bits per heavy atom. The van der Waals surface area contributed by atoms with E-state index < -0.39 is 0 Å². The van der Waals surface area contributed by atoms with Crippen molar-refractivity contribution in [3.8, 4) is 5.75 Å². The zero-order valence-corrected chi connectivity index (χ0v) is 13.8. The summed E-state index contributed by atoms with van der Waals surface area (Å²) in [4.78, 5) is 7.00. The average Bonchev–Trinajstić information content (AvgIpc) is 2.95. The number of nitrogens with zero attached hydrogens (tertiary/aromatic N) is 2. The van der Waals surface area contributed by atoms with Crippen molar-refractivity contribution in [3.05, 3.63) is 45.9 Å². The summed E-state index contributed by atoms with van der Waals surface area (Å²) in [6.07, 6.45) is 0.0886. The maximum Gasteiger partial charge on any atom is 0.115 e. The molecule has 1 N–H and O–H groups in total. The van der Waals surface area contributed by atoms with Gasteiger partial charge in [0, 0.05) is 25.0 Å². The Labute approximate surface area is 135 Å². The van der Waals surface area contributed by atoms with Crippen LogP contribution in [0.1, 0.15) is 35.2 Å². The number of hydrogen-bond acceptors (Lipinski definition) is 5. The summed E-state index contributed by atoms with van der Waals surface area (Å²) in [5.74, 6) is 0.748. The minimum absolute atomic E-state index is 0.0886. The van der Waals surface area contributed by atoms with Crippen LogP contribution in [0.3, 0.4) is 0 Å². The Hall–Kier alpha value is -1.43. The molecule has 2 heterocycles. The Bertz CT molecular complexity index is 611. The molecular weight excluding hydrogens is 296 g/mol. The first-order chi connectivity index (χ1) is 10.6. The third-order valence-electron chi connectivity index (χ3n) is 4.11. The lowest BCUT2D eigenvalue weighted by atomic mass is 10.00. The number of aromatic nitrogens is 1. The van der Waals surface area contributed by atoms with Gasteiger partial charge in [-0.1, -0.05) is 19.1 Å². The number of thiazole rings is 1. The Balaban J connectivity index is 1.61. The first-order valence-corrected chi connectivity index (χ1v) is 8.54. The molecule has 2 atom stereocenters. The minimum atomic E-state index is 0.0886. The van der Waals surface area contributed by atoms with E-state index in [0.29, 0.717) is 11.7 Å². The summed E-state index contributed by atoms with van der Waals surface area (Å²) < 4.78 is 5.88. The highest BCUT2D eigenvalue weighted by atomic mass is 32.1. The molecule has 5 heteroatoms. The van der Waals surface area contributed by atoms with Gasteiger partial charge in [-0.25, -0.2) is 4.98 Å². The van der Waals surface area contributed by atoms with Gasteiger partial charge in [-0.05, 0) is 30.5 Å². The van der Waals surface area contributed by atoms with Crippen LogP contribution in [0.5, 0.6) is 5.75 Å². The molecule has 2 unspecified atom stereocenters. The van der Waals surface area contributed by atoms with Crippen molar-refractivity contribution in [1.29, 1.82) is 0 Å². The molecule has 3 rings (SSSR count). The highest BCUT2D eigenvalue weighted by Crippen LogP contribution is 2.26. The van der Waals surface area contributed by atoms with Crippen LogP contribution in [0.25, 0.3) is 0 Å². The van der Waals surface area contributed by atoms with E-state index >= 15 is 0 Å². The van der Waals surface area contributed by atoms with E-state index in [4.69, 9.17) is 4.74 Å². The number of ether oxygens (including phenoxy) is 1. The van der Waals surface area contributed by atoms with Crippen molar-refractivity contribution in [1.82, 2.24) is 9.88 Å². The third-order valence-corrected chi connectivity index (χ3v) is 4.90. The summed E-state index contributed by atoms with van der Waals surface area (Å²) in [5.41, 5.74) is 2.31. The van der Waals surface area contributed by atoms with Crippen molar-refractivity contribution in [2.45, 2.75) is 25.9 Å². The van der Waals surface area contributed by atoms with Crippen LogP contribution in [-0.4, -0.2) is 41.2 Å². The number of phenolic OH excluding ortho intramolecular Hbond substituents is 1. The standard InChI is InChI=1S/C17H22N2O2S/c1-12(14-3-5-15(20)6-4-14)9-19-7-8-21-17(10-19)16-11-22-13(2)18-16/h3-6,11-12,17,20H,7-10H2,1-2H3. The zero-order valence-electron chi connectivity index (χ0n) is 13.0. The number of rotatable bonds is 4. The van der Waals surface area contributed by atoms with Crippen LogP contribution in [0.2, 0.25) is 0 Å². The van der Waals surface area contributed by atoms with Crippen LogP contribution < -0.4 is 0 Å². The van der Waals surface area contributed by atoms with E-state index in [9.17, 15) is 5.11 Å². The molecule has 0 bridgehead atoms. The van der Waals surface area contributed by atoms with E-state index in [1.165, 1.54) is 5.56 Å². The lowest BCUT2D eigenvalue weighted by Crippen LogP contribution is -2.40. The SMILES string of the molecule is Cc1nc(C2CN(CC(C)c3ccc(O)cc3)CCO2)cs1. The molecule has 22 heavy (non-hydrogen) atoms. The van der Waals surface area contributed by atoms with Crippen molar-refractivity contribution < 1.29 is 9.84 Å². The smallest absolute Gasteiger partial charge is 0.115 e. The molecule has 0 spiro atoms. The number of aryl methyl sites for hydroxylation is 1. The summed E-state index contributed by atoms with van der Waals surface area (Å²) in [5, 5.41) is 12.6. The minimum Gasteiger partial charge on any atom is -0.508 e.